The number of aromatic carboxylic acids is 1. The standard InChI is InChI=1S/C24H23N3O3S/c1-3-30-21-12-17(4-6-19(21)24(28)29)20-13-23(27-14-26-20)25-10-8-16-5-7-22-18(15(16)2)9-11-31-22/h4-7,9,11-14H,3,8,10H2,1-2H3,(H,28,29)(H,25,26,27). The number of thiophene rings is 1. The second-order valence-electron chi connectivity index (χ2n) is 7.10. The van der Waals surface area contributed by atoms with E-state index < -0.39 is 5.97 Å². The number of hydrogen-bond acceptors (Lipinski definition) is 6. The van der Waals surface area contributed by atoms with Crippen molar-refractivity contribution in [2.45, 2.75) is 20.3 Å². The van der Waals surface area contributed by atoms with Crippen LogP contribution >= 0.6 is 11.3 Å². The topological polar surface area (TPSA) is 84.3 Å². The van der Waals surface area contributed by atoms with Gasteiger partial charge in [-0.05, 0) is 66.4 Å². The molecule has 158 valence electrons. The van der Waals surface area contributed by atoms with Crippen LogP contribution in [-0.4, -0.2) is 34.2 Å². The Morgan fingerprint density at radius 3 is 2.84 bits per heavy atom. The number of aromatic nitrogens is 2. The highest BCUT2D eigenvalue weighted by atomic mass is 32.1. The van der Waals surface area contributed by atoms with Gasteiger partial charge in [-0.3, -0.25) is 0 Å². The molecule has 0 aliphatic heterocycles. The fourth-order valence-electron chi connectivity index (χ4n) is 3.58. The average molecular weight is 434 g/mol. The lowest BCUT2D eigenvalue weighted by atomic mass is 10.0. The number of fused-ring (bicyclic) bond motifs is 1. The zero-order valence-corrected chi connectivity index (χ0v) is 18.2. The predicted molar refractivity (Wildman–Crippen MR) is 124 cm³/mol. The third kappa shape index (κ3) is 4.51. The van der Waals surface area contributed by atoms with Gasteiger partial charge in [0, 0.05) is 22.9 Å². The molecule has 0 aliphatic carbocycles. The zero-order chi connectivity index (χ0) is 21.8. The summed E-state index contributed by atoms with van der Waals surface area (Å²) in [4.78, 5) is 20.1. The Hall–Kier alpha value is -3.45. The average Bonchev–Trinajstić information content (AvgIpc) is 3.25. The number of carbonyl (C=O) groups is 1. The van der Waals surface area contributed by atoms with E-state index in [4.69, 9.17) is 4.74 Å². The van der Waals surface area contributed by atoms with Crippen LogP contribution in [0.25, 0.3) is 21.3 Å². The van der Waals surface area contributed by atoms with Gasteiger partial charge >= 0.3 is 5.97 Å². The highest BCUT2D eigenvalue weighted by molar-refractivity contribution is 7.17. The van der Waals surface area contributed by atoms with Crippen LogP contribution in [0.15, 0.2) is 54.2 Å². The Labute approximate surface area is 184 Å². The first-order chi connectivity index (χ1) is 15.1. The van der Waals surface area contributed by atoms with E-state index in [0.717, 1.165) is 24.3 Å². The summed E-state index contributed by atoms with van der Waals surface area (Å²) in [6.45, 7) is 5.12. The molecule has 6 nitrogen and oxygen atoms in total. The molecule has 0 spiro atoms. The molecule has 0 saturated carbocycles. The fourth-order valence-corrected chi connectivity index (χ4v) is 4.42. The summed E-state index contributed by atoms with van der Waals surface area (Å²) in [7, 11) is 0. The largest absolute Gasteiger partial charge is 0.493 e. The number of carboxylic acid groups (broad SMARTS) is 1. The molecule has 0 bridgehead atoms. The van der Waals surface area contributed by atoms with Crippen molar-refractivity contribution in [2.75, 3.05) is 18.5 Å². The summed E-state index contributed by atoms with van der Waals surface area (Å²) < 4.78 is 6.82. The minimum Gasteiger partial charge on any atom is -0.493 e. The molecule has 4 rings (SSSR count). The van der Waals surface area contributed by atoms with Crippen LogP contribution in [0.1, 0.15) is 28.4 Å². The number of benzene rings is 2. The molecule has 0 atom stereocenters. The van der Waals surface area contributed by atoms with E-state index in [1.807, 2.05) is 13.0 Å². The molecule has 31 heavy (non-hydrogen) atoms. The Balaban J connectivity index is 1.48. The second kappa shape index (κ2) is 9.14. The molecule has 0 saturated heterocycles. The SMILES string of the molecule is CCOc1cc(-c2cc(NCCc3ccc4sccc4c3C)ncn2)ccc1C(=O)O. The van der Waals surface area contributed by atoms with Gasteiger partial charge in [-0.1, -0.05) is 12.1 Å². The molecule has 7 heteroatoms. The number of nitrogens with one attached hydrogen (secondary N) is 1. The zero-order valence-electron chi connectivity index (χ0n) is 17.4. The summed E-state index contributed by atoms with van der Waals surface area (Å²) in [6, 6.07) is 13.4. The summed E-state index contributed by atoms with van der Waals surface area (Å²) in [5.74, 6) is 0.0374. The van der Waals surface area contributed by atoms with Gasteiger partial charge in [0.1, 0.15) is 23.5 Å². The Morgan fingerprint density at radius 1 is 1.16 bits per heavy atom. The maximum Gasteiger partial charge on any atom is 0.339 e. The monoisotopic (exact) mass is 433 g/mol. The Kier molecular flexibility index (Phi) is 6.13. The summed E-state index contributed by atoms with van der Waals surface area (Å²) in [6.07, 6.45) is 2.39. The van der Waals surface area contributed by atoms with Crippen molar-refractivity contribution in [1.29, 1.82) is 0 Å². The quantitative estimate of drug-likeness (QED) is 0.386. The van der Waals surface area contributed by atoms with Crippen LogP contribution in [0.4, 0.5) is 5.82 Å². The fraction of sp³-hybridized carbons (Fsp3) is 0.208. The highest BCUT2D eigenvalue weighted by Gasteiger charge is 2.13. The molecule has 4 aromatic rings. The maximum atomic E-state index is 11.4. The van der Waals surface area contributed by atoms with Gasteiger partial charge in [0.05, 0.1) is 12.3 Å². The maximum absolute atomic E-state index is 11.4. The van der Waals surface area contributed by atoms with E-state index >= 15 is 0 Å². The molecule has 2 N–H and O–H groups in total. The number of aryl methyl sites for hydroxylation is 1. The van der Waals surface area contributed by atoms with Crippen molar-refractivity contribution in [3.8, 4) is 17.0 Å². The molecule has 2 aromatic heterocycles. The van der Waals surface area contributed by atoms with Gasteiger partial charge in [0.2, 0.25) is 0 Å². The predicted octanol–water partition coefficient (Wildman–Crippen LogP) is 5.42. The van der Waals surface area contributed by atoms with Crippen molar-refractivity contribution in [1.82, 2.24) is 9.97 Å². The molecule has 0 aliphatic rings. The Bertz CT molecular complexity index is 1240. The Morgan fingerprint density at radius 2 is 2.03 bits per heavy atom. The van der Waals surface area contributed by atoms with E-state index in [1.54, 1.807) is 29.5 Å². The lowest BCUT2D eigenvalue weighted by molar-refractivity contribution is 0.0692. The smallest absolute Gasteiger partial charge is 0.339 e. The molecule has 0 amide bonds. The van der Waals surface area contributed by atoms with Gasteiger partial charge in [-0.2, -0.15) is 0 Å². The normalized spacial score (nSPS) is 10.9. The number of nitrogens with zero attached hydrogens (tertiary/aromatic N) is 2. The number of anilines is 1. The molecule has 0 radical (unpaired) electrons. The van der Waals surface area contributed by atoms with E-state index in [1.165, 1.54) is 27.5 Å². The van der Waals surface area contributed by atoms with Crippen LogP contribution in [-0.2, 0) is 6.42 Å². The van der Waals surface area contributed by atoms with E-state index in [9.17, 15) is 9.90 Å². The van der Waals surface area contributed by atoms with Crippen LogP contribution in [0, 0.1) is 6.92 Å². The number of rotatable bonds is 8. The second-order valence-corrected chi connectivity index (χ2v) is 8.04. The molecular formula is C24H23N3O3S. The first-order valence-electron chi connectivity index (χ1n) is 10.1. The third-order valence-corrected chi connectivity index (χ3v) is 6.07. The van der Waals surface area contributed by atoms with Crippen LogP contribution in [0.3, 0.4) is 0 Å². The van der Waals surface area contributed by atoms with Crippen LogP contribution in [0.5, 0.6) is 5.75 Å². The number of ether oxygens (including phenoxy) is 1. The third-order valence-electron chi connectivity index (χ3n) is 5.19. The number of carboxylic acids is 1. The van der Waals surface area contributed by atoms with Crippen LogP contribution < -0.4 is 10.1 Å². The van der Waals surface area contributed by atoms with Crippen molar-refractivity contribution in [2.24, 2.45) is 0 Å². The van der Waals surface area contributed by atoms with Crippen molar-refractivity contribution in [3.63, 3.8) is 0 Å². The number of hydrogen-bond donors (Lipinski definition) is 2. The van der Waals surface area contributed by atoms with E-state index in [0.29, 0.717) is 18.1 Å². The molecule has 2 aromatic carbocycles. The van der Waals surface area contributed by atoms with Crippen LogP contribution in [0.2, 0.25) is 0 Å². The molecule has 2 heterocycles. The lowest BCUT2D eigenvalue weighted by Crippen LogP contribution is -2.07. The van der Waals surface area contributed by atoms with Gasteiger partial charge in [0.25, 0.3) is 0 Å². The van der Waals surface area contributed by atoms with E-state index in [-0.39, 0.29) is 5.56 Å². The summed E-state index contributed by atoms with van der Waals surface area (Å²) >= 11 is 1.76. The minimum atomic E-state index is -1.02. The van der Waals surface area contributed by atoms with Gasteiger partial charge in [0.15, 0.2) is 0 Å². The first kappa shape index (κ1) is 20.8. The van der Waals surface area contributed by atoms with E-state index in [2.05, 4.69) is 45.8 Å². The van der Waals surface area contributed by atoms with Gasteiger partial charge in [-0.25, -0.2) is 14.8 Å². The van der Waals surface area contributed by atoms with Gasteiger partial charge < -0.3 is 15.2 Å². The first-order valence-corrected chi connectivity index (χ1v) is 11.0. The minimum absolute atomic E-state index is 0.135. The summed E-state index contributed by atoms with van der Waals surface area (Å²) in [5, 5.41) is 16.2. The van der Waals surface area contributed by atoms with Crippen molar-refractivity contribution in [3.05, 3.63) is 70.9 Å². The lowest BCUT2D eigenvalue weighted by Gasteiger charge is -2.11. The van der Waals surface area contributed by atoms with Gasteiger partial charge in [-0.15, -0.1) is 11.3 Å². The molecular weight excluding hydrogens is 410 g/mol. The highest BCUT2D eigenvalue weighted by Crippen LogP contribution is 2.28. The van der Waals surface area contributed by atoms with Crippen molar-refractivity contribution >= 4 is 33.2 Å². The molecule has 0 unspecified atom stereocenters. The molecule has 0 fully saturated rings. The van der Waals surface area contributed by atoms with Crippen molar-refractivity contribution < 1.29 is 14.6 Å². The summed E-state index contributed by atoms with van der Waals surface area (Å²) in [5.41, 5.74) is 4.25.